The van der Waals surface area contributed by atoms with Gasteiger partial charge < -0.3 is 10.5 Å². The fourth-order valence-corrected chi connectivity index (χ4v) is 0.595. The van der Waals surface area contributed by atoms with E-state index in [-0.39, 0.29) is 18.4 Å². The van der Waals surface area contributed by atoms with Crippen LogP contribution in [0.3, 0.4) is 0 Å². The van der Waals surface area contributed by atoms with E-state index in [1.54, 1.807) is 6.08 Å². The van der Waals surface area contributed by atoms with Crippen molar-refractivity contribution >= 4 is 5.97 Å². The zero-order valence-corrected chi connectivity index (χ0v) is 6.17. The minimum atomic E-state index is -0.269. The van der Waals surface area contributed by atoms with Gasteiger partial charge in [0.2, 0.25) is 0 Å². The predicted molar refractivity (Wildman–Crippen MR) is 39.4 cm³/mol. The van der Waals surface area contributed by atoms with Crippen molar-refractivity contribution in [1.82, 2.24) is 0 Å². The standard InChI is InChI=1S/C7H13NO2/c1-3-4-6(8)5-7(9)10-2/h3,6H,1,4-5,8H2,2H3. The quantitative estimate of drug-likeness (QED) is 0.459. The molecule has 0 fully saturated rings. The van der Waals surface area contributed by atoms with E-state index in [9.17, 15) is 4.79 Å². The van der Waals surface area contributed by atoms with Gasteiger partial charge in [0, 0.05) is 6.04 Å². The summed E-state index contributed by atoms with van der Waals surface area (Å²) in [7, 11) is 1.35. The summed E-state index contributed by atoms with van der Waals surface area (Å²) >= 11 is 0. The highest BCUT2D eigenvalue weighted by Crippen LogP contribution is 1.95. The van der Waals surface area contributed by atoms with E-state index in [0.29, 0.717) is 6.42 Å². The number of methoxy groups -OCH3 is 1. The van der Waals surface area contributed by atoms with Crippen molar-refractivity contribution in [1.29, 1.82) is 0 Å². The molecule has 0 aliphatic carbocycles. The number of rotatable bonds is 4. The smallest absolute Gasteiger partial charge is 0.307 e. The Morgan fingerprint density at radius 2 is 2.50 bits per heavy atom. The Balaban J connectivity index is 3.46. The number of hydrogen-bond donors (Lipinski definition) is 1. The summed E-state index contributed by atoms with van der Waals surface area (Å²) in [4.78, 5) is 10.6. The van der Waals surface area contributed by atoms with E-state index in [4.69, 9.17) is 5.73 Å². The lowest BCUT2D eigenvalue weighted by Crippen LogP contribution is -2.23. The second-order valence-electron chi connectivity index (χ2n) is 2.06. The third-order valence-electron chi connectivity index (χ3n) is 1.13. The lowest BCUT2D eigenvalue weighted by Gasteiger charge is -2.05. The van der Waals surface area contributed by atoms with Gasteiger partial charge in [-0.15, -0.1) is 6.58 Å². The van der Waals surface area contributed by atoms with Gasteiger partial charge in [-0.05, 0) is 6.42 Å². The number of nitrogens with two attached hydrogens (primary N) is 1. The Bertz CT molecular complexity index is 123. The third kappa shape index (κ3) is 4.09. The van der Waals surface area contributed by atoms with Crippen LogP contribution in [0.25, 0.3) is 0 Å². The molecule has 10 heavy (non-hydrogen) atoms. The van der Waals surface area contributed by atoms with Crippen molar-refractivity contribution < 1.29 is 9.53 Å². The summed E-state index contributed by atoms with van der Waals surface area (Å²) < 4.78 is 4.41. The number of esters is 1. The first-order valence-electron chi connectivity index (χ1n) is 3.14. The van der Waals surface area contributed by atoms with Gasteiger partial charge in [0.05, 0.1) is 13.5 Å². The Kier molecular flexibility index (Phi) is 4.58. The molecule has 0 spiro atoms. The fraction of sp³-hybridized carbons (Fsp3) is 0.571. The molecule has 1 unspecified atom stereocenters. The summed E-state index contributed by atoms with van der Waals surface area (Å²) in [6.45, 7) is 3.50. The van der Waals surface area contributed by atoms with E-state index in [0.717, 1.165) is 0 Å². The highest BCUT2D eigenvalue weighted by molar-refractivity contribution is 5.69. The van der Waals surface area contributed by atoms with Crippen molar-refractivity contribution in [2.75, 3.05) is 7.11 Å². The Morgan fingerprint density at radius 1 is 1.90 bits per heavy atom. The molecule has 0 radical (unpaired) electrons. The van der Waals surface area contributed by atoms with Crippen LogP contribution in [-0.2, 0) is 9.53 Å². The number of carbonyl (C=O) groups is 1. The van der Waals surface area contributed by atoms with Crippen LogP contribution in [0.2, 0.25) is 0 Å². The SMILES string of the molecule is C=CCC(N)CC(=O)OC. The van der Waals surface area contributed by atoms with Gasteiger partial charge in [0.15, 0.2) is 0 Å². The minimum absolute atomic E-state index is 0.148. The molecule has 0 saturated carbocycles. The van der Waals surface area contributed by atoms with Crippen LogP contribution in [0.1, 0.15) is 12.8 Å². The largest absolute Gasteiger partial charge is 0.469 e. The maximum atomic E-state index is 10.6. The molecular formula is C7H13NO2. The van der Waals surface area contributed by atoms with Crippen LogP contribution >= 0.6 is 0 Å². The minimum Gasteiger partial charge on any atom is -0.469 e. The Labute approximate surface area is 60.9 Å². The molecule has 0 heterocycles. The Morgan fingerprint density at radius 3 is 2.90 bits per heavy atom. The monoisotopic (exact) mass is 143 g/mol. The molecule has 3 nitrogen and oxygen atoms in total. The molecule has 0 amide bonds. The number of hydrogen-bond acceptors (Lipinski definition) is 3. The fourth-order valence-electron chi connectivity index (χ4n) is 0.595. The highest BCUT2D eigenvalue weighted by Gasteiger charge is 2.06. The van der Waals surface area contributed by atoms with Crippen LogP contribution < -0.4 is 5.73 Å². The second-order valence-corrected chi connectivity index (χ2v) is 2.06. The molecule has 3 heteroatoms. The van der Waals surface area contributed by atoms with Crippen LogP contribution in [0, 0.1) is 0 Å². The zero-order valence-electron chi connectivity index (χ0n) is 6.17. The molecular weight excluding hydrogens is 130 g/mol. The van der Waals surface area contributed by atoms with Crippen molar-refractivity contribution in [3.63, 3.8) is 0 Å². The van der Waals surface area contributed by atoms with Crippen LogP contribution in [0.5, 0.6) is 0 Å². The molecule has 0 aliphatic rings. The first-order chi connectivity index (χ1) is 4.70. The lowest BCUT2D eigenvalue weighted by atomic mass is 10.1. The second kappa shape index (κ2) is 4.99. The van der Waals surface area contributed by atoms with Gasteiger partial charge in [-0.1, -0.05) is 6.08 Å². The molecule has 58 valence electrons. The Hall–Kier alpha value is -0.830. The van der Waals surface area contributed by atoms with Crippen LogP contribution in [0.15, 0.2) is 12.7 Å². The summed E-state index contributed by atoms with van der Waals surface area (Å²) in [5, 5.41) is 0. The molecule has 0 bridgehead atoms. The average Bonchev–Trinajstić information content (AvgIpc) is 1.88. The summed E-state index contributed by atoms with van der Waals surface area (Å²) in [6.07, 6.45) is 2.60. The number of ether oxygens (including phenoxy) is 1. The highest BCUT2D eigenvalue weighted by atomic mass is 16.5. The van der Waals surface area contributed by atoms with E-state index >= 15 is 0 Å². The van der Waals surface area contributed by atoms with Gasteiger partial charge in [0.25, 0.3) is 0 Å². The summed E-state index contributed by atoms with van der Waals surface area (Å²) in [5.41, 5.74) is 5.49. The topological polar surface area (TPSA) is 52.3 Å². The molecule has 2 N–H and O–H groups in total. The molecule has 0 aromatic rings. The summed E-state index contributed by atoms with van der Waals surface area (Å²) in [6, 6.07) is -0.148. The first-order valence-corrected chi connectivity index (χ1v) is 3.14. The average molecular weight is 143 g/mol. The maximum Gasteiger partial charge on any atom is 0.307 e. The van der Waals surface area contributed by atoms with Gasteiger partial charge in [-0.25, -0.2) is 0 Å². The van der Waals surface area contributed by atoms with Gasteiger partial charge >= 0.3 is 5.97 Å². The van der Waals surface area contributed by atoms with Crippen molar-refractivity contribution in [2.45, 2.75) is 18.9 Å². The maximum absolute atomic E-state index is 10.6. The van der Waals surface area contributed by atoms with Crippen molar-refractivity contribution in [3.05, 3.63) is 12.7 Å². The van der Waals surface area contributed by atoms with Gasteiger partial charge in [0.1, 0.15) is 0 Å². The molecule has 0 rings (SSSR count). The van der Waals surface area contributed by atoms with Gasteiger partial charge in [-0.2, -0.15) is 0 Å². The zero-order chi connectivity index (χ0) is 7.98. The van der Waals surface area contributed by atoms with Gasteiger partial charge in [-0.3, -0.25) is 4.79 Å². The predicted octanol–water partition coefficient (Wildman–Crippen LogP) is 0.453. The molecule has 1 atom stereocenters. The molecule has 0 aromatic carbocycles. The third-order valence-corrected chi connectivity index (χ3v) is 1.13. The van der Waals surface area contributed by atoms with E-state index in [1.807, 2.05) is 0 Å². The van der Waals surface area contributed by atoms with Crippen LogP contribution in [-0.4, -0.2) is 19.1 Å². The molecule has 0 saturated heterocycles. The molecule has 0 aromatic heterocycles. The lowest BCUT2D eigenvalue weighted by molar-refractivity contribution is -0.140. The summed E-state index contributed by atoms with van der Waals surface area (Å²) in [5.74, 6) is -0.269. The van der Waals surface area contributed by atoms with Crippen molar-refractivity contribution in [3.8, 4) is 0 Å². The van der Waals surface area contributed by atoms with Crippen molar-refractivity contribution in [2.24, 2.45) is 5.73 Å². The first kappa shape index (κ1) is 9.17. The number of carbonyl (C=O) groups excluding carboxylic acids is 1. The van der Waals surface area contributed by atoms with E-state index in [1.165, 1.54) is 7.11 Å². The molecule has 0 aliphatic heterocycles. The normalized spacial score (nSPS) is 12.2. The van der Waals surface area contributed by atoms with Crippen LogP contribution in [0.4, 0.5) is 0 Å². The van der Waals surface area contributed by atoms with E-state index in [2.05, 4.69) is 11.3 Å². The van der Waals surface area contributed by atoms with E-state index < -0.39 is 0 Å².